The van der Waals surface area contributed by atoms with E-state index in [1.54, 1.807) is 0 Å². The number of rotatable bonds is 4. The first-order valence-electron chi connectivity index (χ1n) is 10.7. The van der Waals surface area contributed by atoms with Crippen molar-refractivity contribution in [2.24, 2.45) is 0 Å². The number of carbonyl (C=O) groups is 1. The number of hydrogen-bond acceptors (Lipinski definition) is 4. The van der Waals surface area contributed by atoms with Gasteiger partial charge in [-0.25, -0.2) is 0 Å². The second-order valence-corrected chi connectivity index (χ2v) is 8.46. The van der Waals surface area contributed by atoms with Crippen molar-refractivity contribution in [3.05, 3.63) is 53.6 Å². The minimum absolute atomic E-state index is 0.253. The second-order valence-electron chi connectivity index (χ2n) is 8.46. The minimum atomic E-state index is 0.253. The van der Waals surface area contributed by atoms with Crippen LogP contribution in [-0.2, 0) is 0 Å². The Bertz CT molecular complexity index is 891. The normalized spacial score (nSPS) is 22.9. The van der Waals surface area contributed by atoms with E-state index < -0.39 is 0 Å². The number of anilines is 3. The lowest BCUT2D eigenvalue weighted by atomic mass is 9.88. The molecular weight excluding hydrogens is 346 g/mol. The second kappa shape index (κ2) is 6.84. The van der Waals surface area contributed by atoms with Crippen LogP contribution in [0.5, 0.6) is 0 Å². The van der Waals surface area contributed by atoms with Crippen LogP contribution in [0.25, 0.3) is 0 Å². The van der Waals surface area contributed by atoms with Gasteiger partial charge in [-0.05, 0) is 48.7 Å². The molecule has 0 spiro atoms. The van der Waals surface area contributed by atoms with Gasteiger partial charge >= 0.3 is 0 Å². The van der Waals surface area contributed by atoms with Gasteiger partial charge in [0.15, 0.2) is 5.78 Å². The van der Waals surface area contributed by atoms with Crippen molar-refractivity contribution in [1.82, 2.24) is 0 Å². The number of ketones is 1. The summed E-state index contributed by atoms with van der Waals surface area (Å²) in [7, 11) is 2.21. The maximum Gasteiger partial charge on any atom is 0.162 e. The highest BCUT2D eigenvalue weighted by Gasteiger charge is 2.44. The topological polar surface area (TPSA) is 26.8 Å². The van der Waals surface area contributed by atoms with Gasteiger partial charge in [0, 0.05) is 62.9 Å². The number of nitrogens with zero attached hydrogens (tertiary/aromatic N) is 3. The Morgan fingerprint density at radius 1 is 1.07 bits per heavy atom. The van der Waals surface area contributed by atoms with Gasteiger partial charge in [-0.3, -0.25) is 4.79 Å². The number of benzene rings is 2. The van der Waals surface area contributed by atoms with Crippen molar-refractivity contribution in [3.63, 3.8) is 0 Å². The van der Waals surface area contributed by atoms with Crippen LogP contribution in [0.4, 0.5) is 17.1 Å². The van der Waals surface area contributed by atoms with Gasteiger partial charge in [0.25, 0.3) is 0 Å². The predicted molar refractivity (Wildman–Crippen MR) is 116 cm³/mol. The average molecular weight is 376 g/mol. The lowest BCUT2D eigenvalue weighted by molar-refractivity contribution is 0.0982. The third-order valence-electron chi connectivity index (χ3n) is 6.83. The molecule has 0 amide bonds. The molecule has 2 aromatic rings. The molecule has 2 atom stereocenters. The maximum atomic E-state index is 12.1. The van der Waals surface area contributed by atoms with Gasteiger partial charge in [0.2, 0.25) is 0 Å². The molecule has 146 valence electrons. The quantitative estimate of drug-likeness (QED) is 0.745. The van der Waals surface area contributed by atoms with Crippen LogP contribution in [0.3, 0.4) is 0 Å². The summed E-state index contributed by atoms with van der Waals surface area (Å²) in [6.45, 7) is 6.44. The summed E-state index contributed by atoms with van der Waals surface area (Å²) in [5.74, 6) is 0.819. The lowest BCUT2D eigenvalue weighted by Crippen LogP contribution is -2.49. The molecule has 28 heavy (non-hydrogen) atoms. The summed E-state index contributed by atoms with van der Waals surface area (Å²) >= 11 is 0. The van der Waals surface area contributed by atoms with E-state index in [2.05, 4.69) is 59.0 Å². The van der Waals surface area contributed by atoms with Gasteiger partial charge in [-0.2, -0.15) is 0 Å². The van der Waals surface area contributed by atoms with E-state index in [4.69, 9.17) is 0 Å². The number of Topliss-reactive ketones (excluding diaryl/α,β-unsaturated/α-hetero) is 1. The van der Waals surface area contributed by atoms with E-state index in [-0.39, 0.29) is 5.78 Å². The highest BCUT2D eigenvalue weighted by atomic mass is 16.1. The van der Waals surface area contributed by atoms with Gasteiger partial charge in [-0.1, -0.05) is 19.1 Å². The summed E-state index contributed by atoms with van der Waals surface area (Å²) < 4.78 is 0. The molecule has 3 aliphatic heterocycles. The van der Waals surface area contributed by atoms with Crippen LogP contribution >= 0.6 is 0 Å². The lowest BCUT2D eigenvalue weighted by Gasteiger charge is -2.42. The fourth-order valence-electron chi connectivity index (χ4n) is 5.37. The Balaban J connectivity index is 1.40. The molecule has 0 aliphatic carbocycles. The predicted octanol–water partition coefficient (Wildman–Crippen LogP) is 4.30. The van der Waals surface area contributed by atoms with E-state index in [1.807, 2.05) is 12.1 Å². The van der Waals surface area contributed by atoms with Crippen molar-refractivity contribution in [2.45, 2.75) is 38.1 Å². The molecule has 2 aromatic carbocycles. The summed E-state index contributed by atoms with van der Waals surface area (Å²) in [5, 5.41) is 0. The van der Waals surface area contributed by atoms with Crippen molar-refractivity contribution in [2.75, 3.05) is 47.9 Å². The molecule has 1 fully saturated rings. The van der Waals surface area contributed by atoms with Crippen molar-refractivity contribution in [3.8, 4) is 0 Å². The van der Waals surface area contributed by atoms with Gasteiger partial charge < -0.3 is 14.7 Å². The Labute approximate surface area is 167 Å². The van der Waals surface area contributed by atoms with Crippen molar-refractivity contribution >= 4 is 22.8 Å². The van der Waals surface area contributed by atoms with Crippen LogP contribution in [0.2, 0.25) is 0 Å². The largest absolute Gasteiger partial charge is 0.371 e. The van der Waals surface area contributed by atoms with Gasteiger partial charge in [0.05, 0.1) is 11.4 Å². The first-order chi connectivity index (χ1) is 13.7. The zero-order valence-electron chi connectivity index (χ0n) is 16.9. The standard InChI is InChI=1S/C24H29N3O/c1-3-5-23(28)17-8-10-18(11-9-17)26-13-12-21-20(16-26)19-6-4-7-22-24(19)27(21)15-14-25(22)2/h4,6-11,20-21H,3,5,12-16H2,1-2H3/t20-,21-/m0/s1. The molecular formula is C24H29N3O. The molecule has 3 aliphatic rings. The first-order valence-corrected chi connectivity index (χ1v) is 10.7. The van der Waals surface area contributed by atoms with Gasteiger partial charge in [0.1, 0.15) is 0 Å². The van der Waals surface area contributed by atoms with Crippen LogP contribution in [-0.4, -0.2) is 45.1 Å². The molecule has 1 saturated heterocycles. The molecule has 0 radical (unpaired) electrons. The Morgan fingerprint density at radius 2 is 1.89 bits per heavy atom. The smallest absolute Gasteiger partial charge is 0.162 e. The molecule has 4 nitrogen and oxygen atoms in total. The van der Waals surface area contributed by atoms with Crippen LogP contribution in [0.15, 0.2) is 42.5 Å². The first kappa shape index (κ1) is 17.6. The van der Waals surface area contributed by atoms with Crippen LogP contribution in [0.1, 0.15) is 48.0 Å². The zero-order valence-corrected chi connectivity index (χ0v) is 16.9. The molecule has 0 bridgehead atoms. The van der Waals surface area contributed by atoms with E-state index in [1.165, 1.54) is 29.0 Å². The summed E-state index contributed by atoms with van der Waals surface area (Å²) in [5.41, 5.74) is 6.48. The molecule has 3 heterocycles. The molecule has 5 rings (SSSR count). The Kier molecular flexibility index (Phi) is 4.30. The van der Waals surface area contributed by atoms with Crippen LogP contribution < -0.4 is 14.7 Å². The van der Waals surface area contributed by atoms with E-state index in [0.29, 0.717) is 18.4 Å². The minimum Gasteiger partial charge on any atom is -0.371 e. The third-order valence-corrected chi connectivity index (χ3v) is 6.83. The van der Waals surface area contributed by atoms with Crippen LogP contribution in [0, 0.1) is 0 Å². The molecule has 0 N–H and O–H groups in total. The third kappa shape index (κ3) is 2.69. The molecule has 0 aromatic heterocycles. The summed E-state index contributed by atoms with van der Waals surface area (Å²) in [6.07, 6.45) is 2.73. The number of carbonyl (C=O) groups excluding carboxylic acids is 1. The fraction of sp³-hybridized carbons (Fsp3) is 0.458. The Morgan fingerprint density at radius 3 is 2.68 bits per heavy atom. The average Bonchev–Trinajstić information content (AvgIpc) is 3.05. The Hall–Kier alpha value is -2.49. The number of fused-ring (bicyclic) bond motifs is 3. The highest BCUT2D eigenvalue weighted by molar-refractivity contribution is 5.96. The monoisotopic (exact) mass is 375 g/mol. The number of hydrogen-bond donors (Lipinski definition) is 0. The zero-order chi connectivity index (χ0) is 19.3. The highest BCUT2D eigenvalue weighted by Crippen LogP contribution is 2.50. The number of piperidine rings is 1. The fourth-order valence-corrected chi connectivity index (χ4v) is 5.37. The molecule has 0 unspecified atom stereocenters. The SMILES string of the molecule is CCCC(=O)c1ccc(N2CC[C@H]3[C@@H](C2)c2cccc4c2N3CCN4C)cc1. The van der Waals surface area contributed by atoms with Crippen molar-refractivity contribution < 1.29 is 4.79 Å². The molecule has 4 heteroatoms. The maximum absolute atomic E-state index is 12.1. The number of likely N-dealkylation sites (N-methyl/N-ethyl adjacent to an activating group) is 1. The van der Waals surface area contributed by atoms with Crippen molar-refractivity contribution in [1.29, 1.82) is 0 Å². The van der Waals surface area contributed by atoms with E-state index in [9.17, 15) is 4.79 Å². The summed E-state index contributed by atoms with van der Waals surface area (Å²) in [4.78, 5) is 19.7. The van der Waals surface area contributed by atoms with E-state index >= 15 is 0 Å². The number of para-hydroxylation sites is 1. The van der Waals surface area contributed by atoms with Gasteiger partial charge in [-0.15, -0.1) is 0 Å². The molecule has 0 saturated carbocycles. The summed E-state index contributed by atoms with van der Waals surface area (Å²) in [6, 6.07) is 15.8. The van der Waals surface area contributed by atoms with E-state index in [0.717, 1.165) is 38.2 Å².